The van der Waals surface area contributed by atoms with Crippen LogP contribution in [0.5, 0.6) is 0 Å². The van der Waals surface area contributed by atoms with E-state index in [9.17, 15) is 4.79 Å². The molecule has 1 aromatic carbocycles. The fraction of sp³-hybridized carbons (Fsp3) is 0.385. The summed E-state index contributed by atoms with van der Waals surface area (Å²) < 4.78 is 6.51. The van der Waals surface area contributed by atoms with Crippen molar-refractivity contribution >= 4 is 5.91 Å². The first kappa shape index (κ1) is 14.1. The molecule has 2 rings (SSSR count). The predicted molar refractivity (Wildman–Crippen MR) is 72.6 cm³/mol. The molecule has 2 aromatic rings. The lowest BCUT2D eigenvalue weighted by molar-refractivity contribution is 0.0779. The van der Waals surface area contributed by atoms with Crippen LogP contribution in [0, 0.1) is 0 Å². The number of benzene rings is 1. The highest BCUT2D eigenvalue weighted by molar-refractivity contribution is 5.94. The molecule has 1 aromatic heterocycles. The Morgan fingerprint density at radius 3 is 2.70 bits per heavy atom. The van der Waals surface area contributed by atoms with E-state index in [1.807, 2.05) is 12.1 Å². The normalized spacial score (nSPS) is 10.5. The van der Waals surface area contributed by atoms with Gasteiger partial charge in [-0.3, -0.25) is 4.79 Å². The second-order valence-corrected chi connectivity index (χ2v) is 4.37. The van der Waals surface area contributed by atoms with Crippen LogP contribution in [-0.4, -0.2) is 58.3 Å². The van der Waals surface area contributed by atoms with Crippen molar-refractivity contribution in [1.82, 2.24) is 25.1 Å². The van der Waals surface area contributed by atoms with Crippen LogP contribution >= 0.6 is 0 Å². The van der Waals surface area contributed by atoms with Crippen LogP contribution in [0.1, 0.15) is 16.8 Å². The van der Waals surface area contributed by atoms with E-state index in [0.29, 0.717) is 18.7 Å². The van der Waals surface area contributed by atoms with E-state index in [1.165, 1.54) is 11.0 Å². The van der Waals surface area contributed by atoms with Gasteiger partial charge in [-0.15, -0.1) is 5.10 Å². The van der Waals surface area contributed by atoms with Crippen molar-refractivity contribution in [3.63, 3.8) is 0 Å². The van der Waals surface area contributed by atoms with E-state index in [-0.39, 0.29) is 5.91 Å². The van der Waals surface area contributed by atoms with Crippen molar-refractivity contribution in [2.24, 2.45) is 0 Å². The molecule has 0 aliphatic heterocycles. The average Bonchev–Trinajstić information content (AvgIpc) is 3.01. The minimum absolute atomic E-state index is 0.00984. The maximum absolute atomic E-state index is 12.2. The smallest absolute Gasteiger partial charge is 0.253 e. The maximum Gasteiger partial charge on any atom is 0.253 e. The Bertz CT molecular complexity index is 538. The first-order valence-electron chi connectivity index (χ1n) is 6.30. The van der Waals surface area contributed by atoms with E-state index in [4.69, 9.17) is 4.74 Å². The Labute approximate surface area is 117 Å². The molecular weight excluding hydrogens is 258 g/mol. The number of carbonyl (C=O) groups is 1. The first-order valence-corrected chi connectivity index (χ1v) is 6.30. The summed E-state index contributed by atoms with van der Waals surface area (Å²) >= 11 is 0. The molecule has 0 saturated heterocycles. The number of carbonyl (C=O) groups excluding carboxylic acids is 1. The molecule has 1 amide bonds. The van der Waals surface area contributed by atoms with Crippen LogP contribution < -0.4 is 0 Å². The monoisotopic (exact) mass is 275 g/mol. The molecule has 0 atom stereocenters. The second kappa shape index (κ2) is 6.76. The number of rotatable bonds is 6. The van der Waals surface area contributed by atoms with Crippen LogP contribution in [0.15, 0.2) is 30.6 Å². The lowest BCUT2D eigenvalue weighted by Crippen LogP contribution is -2.28. The Morgan fingerprint density at radius 2 is 2.10 bits per heavy atom. The van der Waals surface area contributed by atoms with Gasteiger partial charge in [0, 0.05) is 32.9 Å². The highest BCUT2D eigenvalue weighted by atomic mass is 16.5. The number of amides is 1. The maximum atomic E-state index is 12.2. The van der Waals surface area contributed by atoms with Crippen LogP contribution in [0.2, 0.25) is 0 Å². The summed E-state index contributed by atoms with van der Waals surface area (Å²) in [7, 11) is 3.44. The largest absolute Gasteiger partial charge is 0.385 e. The number of aromatic nitrogens is 4. The molecule has 7 nitrogen and oxygen atoms in total. The van der Waals surface area contributed by atoms with Gasteiger partial charge in [-0.2, -0.15) is 0 Å². The minimum Gasteiger partial charge on any atom is -0.385 e. The SMILES string of the molecule is COCCCN(C)C(=O)c1ccc(-n2cnnn2)cc1. The van der Waals surface area contributed by atoms with Crippen LogP contribution in [0.25, 0.3) is 5.69 Å². The fourth-order valence-electron chi connectivity index (χ4n) is 1.80. The molecule has 0 bridgehead atoms. The van der Waals surface area contributed by atoms with Crippen molar-refractivity contribution < 1.29 is 9.53 Å². The molecule has 0 N–H and O–H groups in total. The van der Waals surface area contributed by atoms with E-state index in [2.05, 4.69) is 15.5 Å². The summed E-state index contributed by atoms with van der Waals surface area (Å²) in [5.74, 6) is -0.00984. The van der Waals surface area contributed by atoms with Gasteiger partial charge >= 0.3 is 0 Å². The van der Waals surface area contributed by atoms with Gasteiger partial charge in [0.05, 0.1) is 5.69 Å². The van der Waals surface area contributed by atoms with E-state index < -0.39 is 0 Å². The molecule has 0 aliphatic carbocycles. The van der Waals surface area contributed by atoms with Crippen LogP contribution in [0.4, 0.5) is 0 Å². The minimum atomic E-state index is -0.00984. The van der Waals surface area contributed by atoms with Crippen molar-refractivity contribution in [3.05, 3.63) is 36.2 Å². The Kier molecular flexibility index (Phi) is 4.78. The third-order valence-corrected chi connectivity index (χ3v) is 2.92. The molecule has 0 saturated carbocycles. The zero-order valence-electron chi connectivity index (χ0n) is 11.6. The van der Waals surface area contributed by atoms with E-state index in [0.717, 1.165) is 12.1 Å². The number of ether oxygens (including phenoxy) is 1. The molecule has 0 fully saturated rings. The average molecular weight is 275 g/mol. The van der Waals surface area contributed by atoms with Gasteiger partial charge in [-0.25, -0.2) is 4.68 Å². The molecule has 0 aliphatic rings. The Hall–Kier alpha value is -2.28. The number of hydrogen-bond donors (Lipinski definition) is 0. The summed E-state index contributed by atoms with van der Waals surface area (Å²) in [6, 6.07) is 7.16. The lowest BCUT2D eigenvalue weighted by atomic mass is 10.2. The van der Waals surface area contributed by atoms with Crippen LogP contribution in [0.3, 0.4) is 0 Å². The van der Waals surface area contributed by atoms with E-state index in [1.54, 1.807) is 31.2 Å². The van der Waals surface area contributed by atoms with Gasteiger partial charge in [-0.1, -0.05) is 0 Å². The van der Waals surface area contributed by atoms with Crippen molar-refractivity contribution in [2.75, 3.05) is 27.3 Å². The Balaban J connectivity index is 2.00. The molecule has 20 heavy (non-hydrogen) atoms. The summed E-state index contributed by atoms with van der Waals surface area (Å²) in [6.07, 6.45) is 2.33. The number of tetrazole rings is 1. The van der Waals surface area contributed by atoms with Gasteiger partial charge in [-0.05, 0) is 41.1 Å². The fourth-order valence-corrected chi connectivity index (χ4v) is 1.80. The third-order valence-electron chi connectivity index (χ3n) is 2.92. The standard InChI is InChI=1S/C13H17N5O2/c1-17(8-3-9-20-2)13(19)11-4-6-12(7-5-11)18-10-14-15-16-18/h4-7,10H,3,8-9H2,1-2H3. The number of nitrogens with zero attached hydrogens (tertiary/aromatic N) is 5. The second-order valence-electron chi connectivity index (χ2n) is 4.37. The molecular formula is C13H17N5O2. The van der Waals surface area contributed by atoms with Crippen molar-refractivity contribution in [2.45, 2.75) is 6.42 Å². The van der Waals surface area contributed by atoms with Crippen molar-refractivity contribution in [3.8, 4) is 5.69 Å². The summed E-state index contributed by atoms with van der Waals surface area (Å²) in [5.41, 5.74) is 1.45. The van der Waals surface area contributed by atoms with E-state index >= 15 is 0 Å². The van der Waals surface area contributed by atoms with Gasteiger partial charge < -0.3 is 9.64 Å². The molecule has 7 heteroatoms. The van der Waals surface area contributed by atoms with Crippen LogP contribution in [-0.2, 0) is 4.74 Å². The number of hydrogen-bond acceptors (Lipinski definition) is 5. The molecule has 1 heterocycles. The quantitative estimate of drug-likeness (QED) is 0.728. The zero-order valence-corrected chi connectivity index (χ0v) is 11.6. The van der Waals surface area contributed by atoms with Gasteiger partial charge in [0.15, 0.2) is 0 Å². The lowest BCUT2D eigenvalue weighted by Gasteiger charge is -2.17. The summed E-state index contributed by atoms with van der Waals surface area (Å²) in [5, 5.41) is 10.9. The summed E-state index contributed by atoms with van der Waals surface area (Å²) in [6.45, 7) is 1.32. The number of methoxy groups -OCH3 is 1. The molecule has 0 spiro atoms. The highest BCUT2D eigenvalue weighted by Crippen LogP contribution is 2.09. The van der Waals surface area contributed by atoms with Gasteiger partial charge in [0.25, 0.3) is 5.91 Å². The Morgan fingerprint density at radius 1 is 1.35 bits per heavy atom. The zero-order chi connectivity index (χ0) is 14.4. The van der Waals surface area contributed by atoms with Gasteiger partial charge in [0.2, 0.25) is 0 Å². The summed E-state index contributed by atoms with van der Waals surface area (Å²) in [4.78, 5) is 13.9. The molecule has 0 radical (unpaired) electrons. The topological polar surface area (TPSA) is 73.1 Å². The van der Waals surface area contributed by atoms with Gasteiger partial charge in [0.1, 0.15) is 6.33 Å². The first-order chi connectivity index (χ1) is 9.72. The predicted octanol–water partition coefficient (Wildman–Crippen LogP) is 0.771. The van der Waals surface area contributed by atoms with Crippen molar-refractivity contribution in [1.29, 1.82) is 0 Å². The molecule has 0 unspecified atom stereocenters. The molecule has 106 valence electrons. The highest BCUT2D eigenvalue weighted by Gasteiger charge is 2.11. The third kappa shape index (κ3) is 3.39.